The Morgan fingerprint density at radius 3 is 2.27 bits per heavy atom. The van der Waals surface area contributed by atoms with Crippen LogP contribution in [-0.4, -0.2) is 6.29 Å². The van der Waals surface area contributed by atoms with Crippen LogP contribution in [0.2, 0.25) is 0 Å². The van der Waals surface area contributed by atoms with Crippen LogP contribution in [0.4, 0.5) is 0 Å². The lowest BCUT2D eigenvalue weighted by Gasteiger charge is -1.99. The second-order valence-electron chi connectivity index (χ2n) is 2.01. The third-order valence-corrected chi connectivity index (χ3v) is 1.29. The zero-order valence-corrected chi connectivity index (χ0v) is 6.67. The van der Waals surface area contributed by atoms with E-state index in [0.717, 1.165) is 5.56 Å². The standard InChI is InChI=1S/C8H8NO.ClH/c9-8(6-10)7-4-2-1-3-5-7;/h1-5,8H,9H2;1H. The molecule has 0 aliphatic heterocycles. The van der Waals surface area contributed by atoms with Crippen molar-refractivity contribution in [2.75, 3.05) is 0 Å². The Hall–Kier alpha value is -0.860. The maximum absolute atomic E-state index is 10.1. The van der Waals surface area contributed by atoms with Crippen molar-refractivity contribution < 1.29 is 4.79 Å². The molecule has 0 spiro atoms. The first-order valence-electron chi connectivity index (χ1n) is 3.03. The molecule has 1 aromatic carbocycles. The Bertz CT molecular complexity index is 213. The average molecular weight is 171 g/mol. The molecule has 11 heavy (non-hydrogen) atoms. The molecule has 1 rings (SSSR count). The van der Waals surface area contributed by atoms with E-state index in [1.54, 1.807) is 18.4 Å². The van der Waals surface area contributed by atoms with E-state index in [-0.39, 0.29) is 12.4 Å². The summed E-state index contributed by atoms with van der Waals surface area (Å²) in [6, 6.07) is 8.56. The van der Waals surface area contributed by atoms with Crippen molar-refractivity contribution in [1.82, 2.24) is 0 Å². The SMILES string of the molecule is Cl.NC([C]=O)c1ccccc1. The lowest BCUT2D eigenvalue weighted by atomic mass is 10.1. The molecule has 0 saturated carbocycles. The number of benzene rings is 1. The van der Waals surface area contributed by atoms with Gasteiger partial charge in [0, 0.05) is 0 Å². The number of carbonyl (C=O) groups excluding carboxylic acids is 1. The van der Waals surface area contributed by atoms with Crippen molar-refractivity contribution in [1.29, 1.82) is 0 Å². The summed E-state index contributed by atoms with van der Waals surface area (Å²) in [7, 11) is 0. The molecular formula is C8H9ClNO. The highest BCUT2D eigenvalue weighted by atomic mass is 35.5. The zero-order valence-electron chi connectivity index (χ0n) is 5.86. The van der Waals surface area contributed by atoms with Gasteiger partial charge in [0.25, 0.3) is 0 Å². The van der Waals surface area contributed by atoms with Gasteiger partial charge >= 0.3 is 0 Å². The molecule has 1 aromatic rings. The summed E-state index contributed by atoms with van der Waals surface area (Å²) >= 11 is 0. The van der Waals surface area contributed by atoms with Crippen molar-refractivity contribution in [2.24, 2.45) is 5.73 Å². The van der Waals surface area contributed by atoms with Gasteiger partial charge in [-0.15, -0.1) is 12.4 Å². The van der Waals surface area contributed by atoms with Crippen LogP contribution in [0.15, 0.2) is 30.3 Å². The summed E-state index contributed by atoms with van der Waals surface area (Å²) in [5.74, 6) is 0. The second-order valence-corrected chi connectivity index (χ2v) is 2.01. The van der Waals surface area contributed by atoms with Gasteiger partial charge in [0.2, 0.25) is 6.29 Å². The van der Waals surface area contributed by atoms with E-state index in [9.17, 15) is 4.79 Å². The Balaban J connectivity index is 0.000001000. The molecule has 0 amide bonds. The van der Waals surface area contributed by atoms with E-state index in [1.165, 1.54) is 0 Å². The van der Waals surface area contributed by atoms with Crippen LogP contribution in [0.1, 0.15) is 11.6 Å². The van der Waals surface area contributed by atoms with Gasteiger partial charge in [0.15, 0.2) is 0 Å². The molecule has 59 valence electrons. The largest absolute Gasteiger partial charge is 0.317 e. The summed E-state index contributed by atoms with van der Waals surface area (Å²) in [6.45, 7) is 0. The van der Waals surface area contributed by atoms with Crippen molar-refractivity contribution in [3.8, 4) is 0 Å². The summed E-state index contributed by atoms with van der Waals surface area (Å²) < 4.78 is 0. The molecule has 2 nitrogen and oxygen atoms in total. The molecule has 1 radical (unpaired) electrons. The van der Waals surface area contributed by atoms with Crippen LogP contribution in [0.5, 0.6) is 0 Å². The molecule has 0 aliphatic carbocycles. The van der Waals surface area contributed by atoms with Crippen LogP contribution in [-0.2, 0) is 4.79 Å². The third kappa shape index (κ3) is 2.70. The minimum Gasteiger partial charge on any atom is -0.317 e. The lowest BCUT2D eigenvalue weighted by Crippen LogP contribution is -2.10. The highest BCUT2D eigenvalue weighted by Gasteiger charge is 2.01. The van der Waals surface area contributed by atoms with Crippen LogP contribution >= 0.6 is 12.4 Å². The number of halogens is 1. The van der Waals surface area contributed by atoms with E-state index < -0.39 is 6.04 Å². The lowest BCUT2D eigenvalue weighted by molar-refractivity contribution is 0.544. The zero-order chi connectivity index (χ0) is 7.40. The highest BCUT2D eigenvalue weighted by Crippen LogP contribution is 2.05. The van der Waals surface area contributed by atoms with Crippen LogP contribution in [0, 0.1) is 0 Å². The molecule has 0 bridgehead atoms. The van der Waals surface area contributed by atoms with Crippen molar-refractivity contribution in [2.45, 2.75) is 6.04 Å². The molecule has 1 unspecified atom stereocenters. The van der Waals surface area contributed by atoms with E-state index >= 15 is 0 Å². The molecule has 0 heterocycles. The van der Waals surface area contributed by atoms with Crippen molar-refractivity contribution in [3.63, 3.8) is 0 Å². The first-order valence-corrected chi connectivity index (χ1v) is 3.03. The monoisotopic (exact) mass is 170 g/mol. The average Bonchev–Trinajstić information content (AvgIpc) is 2.05. The summed E-state index contributed by atoms with van der Waals surface area (Å²) in [4.78, 5) is 10.1. The quantitative estimate of drug-likeness (QED) is 0.725. The van der Waals surface area contributed by atoms with Gasteiger partial charge in [-0.05, 0) is 5.56 Å². The minimum absolute atomic E-state index is 0. The Labute approximate surface area is 71.8 Å². The van der Waals surface area contributed by atoms with Crippen LogP contribution in [0.25, 0.3) is 0 Å². The Morgan fingerprint density at radius 1 is 1.27 bits per heavy atom. The van der Waals surface area contributed by atoms with E-state index in [0.29, 0.717) is 0 Å². The van der Waals surface area contributed by atoms with Gasteiger partial charge < -0.3 is 5.73 Å². The van der Waals surface area contributed by atoms with E-state index in [1.807, 2.05) is 18.2 Å². The Morgan fingerprint density at radius 2 is 1.82 bits per heavy atom. The van der Waals surface area contributed by atoms with Gasteiger partial charge in [0.05, 0.1) is 6.04 Å². The fourth-order valence-corrected chi connectivity index (χ4v) is 0.728. The first kappa shape index (κ1) is 10.1. The molecule has 0 saturated heterocycles. The van der Waals surface area contributed by atoms with E-state index in [4.69, 9.17) is 5.73 Å². The molecule has 0 fully saturated rings. The summed E-state index contributed by atoms with van der Waals surface area (Å²) in [5.41, 5.74) is 6.17. The maximum atomic E-state index is 10.1. The Kier molecular flexibility index (Phi) is 4.50. The number of hydrogen-bond donors (Lipinski definition) is 1. The minimum atomic E-state index is -0.596. The van der Waals surface area contributed by atoms with Gasteiger partial charge in [-0.2, -0.15) is 0 Å². The molecular weight excluding hydrogens is 162 g/mol. The smallest absolute Gasteiger partial charge is 0.221 e. The summed E-state index contributed by atoms with van der Waals surface area (Å²) in [6.07, 6.45) is 1.71. The molecule has 0 aliphatic rings. The summed E-state index contributed by atoms with van der Waals surface area (Å²) in [5, 5.41) is 0. The molecule has 1 atom stereocenters. The van der Waals surface area contributed by atoms with Gasteiger partial charge in [-0.25, -0.2) is 0 Å². The normalized spacial score (nSPS) is 11.4. The van der Waals surface area contributed by atoms with Crippen LogP contribution in [0.3, 0.4) is 0 Å². The number of hydrogen-bond acceptors (Lipinski definition) is 2. The van der Waals surface area contributed by atoms with Gasteiger partial charge in [-0.1, -0.05) is 30.3 Å². The number of rotatable bonds is 2. The highest BCUT2D eigenvalue weighted by molar-refractivity contribution is 5.85. The number of nitrogens with two attached hydrogens (primary N) is 1. The predicted octanol–water partition coefficient (Wildman–Crippen LogP) is 1.22. The van der Waals surface area contributed by atoms with E-state index in [2.05, 4.69) is 0 Å². The molecule has 3 heteroatoms. The fraction of sp³-hybridized carbons (Fsp3) is 0.125. The van der Waals surface area contributed by atoms with Gasteiger partial charge in [-0.3, -0.25) is 4.79 Å². The molecule has 0 aromatic heterocycles. The maximum Gasteiger partial charge on any atom is 0.221 e. The third-order valence-electron chi connectivity index (χ3n) is 1.29. The fourth-order valence-electron chi connectivity index (χ4n) is 0.728. The van der Waals surface area contributed by atoms with Crippen molar-refractivity contribution in [3.05, 3.63) is 35.9 Å². The van der Waals surface area contributed by atoms with Gasteiger partial charge in [0.1, 0.15) is 0 Å². The van der Waals surface area contributed by atoms with Crippen molar-refractivity contribution >= 4 is 18.7 Å². The van der Waals surface area contributed by atoms with Crippen LogP contribution < -0.4 is 5.73 Å². The second kappa shape index (κ2) is 4.88. The topological polar surface area (TPSA) is 43.1 Å². The molecule has 2 N–H and O–H groups in total. The first-order chi connectivity index (χ1) is 4.84. The predicted molar refractivity (Wildman–Crippen MR) is 46.3 cm³/mol.